The van der Waals surface area contributed by atoms with Crippen molar-refractivity contribution in [3.63, 3.8) is 0 Å². The van der Waals surface area contributed by atoms with Crippen molar-refractivity contribution in [2.45, 2.75) is 32.3 Å². The first-order valence-electron chi connectivity index (χ1n) is 9.23. The van der Waals surface area contributed by atoms with E-state index in [9.17, 15) is 9.59 Å². The number of benzene rings is 2. The molecule has 1 heterocycles. The van der Waals surface area contributed by atoms with Crippen LogP contribution in [0.3, 0.4) is 0 Å². The summed E-state index contributed by atoms with van der Waals surface area (Å²) in [5, 5.41) is 3.35. The van der Waals surface area contributed by atoms with E-state index in [1.54, 1.807) is 24.3 Å². The zero-order valence-corrected chi connectivity index (χ0v) is 18.7. The molecule has 0 aliphatic carbocycles. The second-order valence-electron chi connectivity index (χ2n) is 6.68. The number of amides is 1. The van der Waals surface area contributed by atoms with E-state index in [1.165, 1.54) is 7.11 Å². The van der Waals surface area contributed by atoms with E-state index in [0.717, 1.165) is 15.7 Å². The Hall–Kier alpha value is -2.31. The van der Waals surface area contributed by atoms with Crippen LogP contribution in [0.1, 0.15) is 37.8 Å². The Morgan fingerprint density at radius 2 is 1.93 bits per heavy atom. The molecule has 0 spiro atoms. The minimum absolute atomic E-state index is 0.214. The molecule has 1 N–H and O–H groups in total. The maximum Gasteiger partial charge on any atom is 0.350 e. The minimum Gasteiger partial charge on any atom is -0.475 e. The smallest absolute Gasteiger partial charge is 0.350 e. The molecular formula is C22H21BrClNO4. The Morgan fingerprint density at radius 3 is 2.59 bits per heavy atom. The number of hydrogen-bond acceptors (Lipinski definition) is 4. The van der Waals surface area contributed by atoms with E-state index < -0.39 is 11.6 Å². The zero-order valence-electron chi connectivity index (χ0n) is 16.3. The summed E-state index contributed by atoms with van der Waals surface area (Å²) in [4.78, 5) is 25.0. The number of methoxy groups -OCH3 is 1. The maximum absolute atomic E-state index is 12.6. The highest BCUT2D eigenvalue weighted by Crippen LogP contribution is 2.38. The highest BCUT2D eigenvalue weighted by Gasteiger charge is 2.39. The van der Waals surface area contributed by atoms with Crippen molar-refractivity contribution in [1.82, 2.24) is 0 Å². The molecule has 0 saturated carbocycles. The van der Waals surface area contributed by atoms with Crippen LogP contribution in [0.2, 0.25) is 5.02 Å². The van der Waals surface area contributed by atoms with Crippen LogP contribution in [0, 0.1) is 0 Å². The van der Waals surface area contributed by atoms with Gasteiger partial charge in [0, 0.05) is 26.2 Å². The normalized spacial score (nSPS) is 14.5. The molecular weight excluding hydrogens is 458 g/mol. The highest BCUT2D eigenvalue weighted by molar-refractivity contribution is 9.10. The number of halogens is 2. The van der Waals surface area contributed by atoms with Gasteiger partial charge >= 0.3 is 5.97 Å². The van der Waals surface area contributed by atoms with Gasteiger partial charge in [0.1, 0.15) is 5.75 Å². The van der Waals surface area contributed by atoms with Crippen LogP contribution >= 0.6 is 27.5 Å². The Morgan fingerprint density at radius 1 is 1.21 bits per heavy atom. The van der Waals surface area contributed by atoms with Crippen LogP contribution < -0.4 is 10.1 Å². The van der Waals surface area contributed by atoms with Gasteiger partial charge in [0.05, 0.1) is 12.8 Å². The van der Waals surface area contributed by atoms with Gasteiger partial charge < -0.3 is 14.8 Å². The molecule has 2 aromatic rings. The van der Waals surface area contributed by atoms with Crippen LogP contribution in [-0.2, 0) is 14.3 Å². The summed E-state index contributed by atoms with van der Waals surface area (Å²) < 4.78 is 12.0. The minimum atomic E-state index is -1.11. The average Bonchev–Trinajstić information content (AvgIpc) is 3.01. The Kier molecular flexibility index (Phi) is 6.34. The lowest BCUT2D eigenvalue weighted by atomic mass is 9.96. The third-order valence-corrected chi connectivity index (χ3v) is 5.77. The fraction of sp³-hybridized carbons (Fsp3) is 0.273. The van der Waals surface area contributed by atoms with Crippen LogP contribution in [0.4, 0.5) is 5.69 Å². The molecule has 0 bridgehead atoms. The van der Waals surface area contributed by atoms with E-state index in [1.807, 2.05) is 32.0 Å². The molecule has 1 amide bonds. The van der Waals surface area contributed by atoms with Crippen molar-refractivity contribution in [2.24, 2.45) is 0 Å². The second-order valence-corrected chi connectivity index (χ2v) is 8.03. The predicted molar refractivity (Wildman–Crippen MR) is 118 cm³/mol. The largest absolute Gasteiger partial charge is 0.475 e. The molecule has 0 fully saturated rings. The predicted octanol–water partition coefficient (Wildman–Crippen LogP) is 5.71. The fourth-order valence-corrected chi connectivity index (χ4v) is 3.85. The van der Waals surface area contributed by atoms with Crippen molar-refractivity contribution in [1.29, 1.82) is 0 Å². The first-order valence-corrected chi connectivity index (χ1v) is 10.4. The number of rotatable bonds is 6. The SMILES string of the molecule is CCC(CC)(Oc1ccc(Cl)cc1/C=C1/C(=O)Nc2cc(Br)ccc21)C(=O)OC. The van der Waals surface area contributed by atoms with Crippen molar-refractivity contribution in [3.05, 3.63) is 57.0 Å². The molecule has 7 heteroatoms. The van der Waals surface area contributed by atoms with Gasteiger partial charge in [-0.3, -0.25) is 4.79 Å². The third kappa shape index (κ3) is 4.19. The lowest BCUT2D eigenvalue weighted by Crippen LogP contribution is -2.44. The molecule has 152 valence electrons. The number of carbonyl (C=O) groups is 2. The second kappa shape index (κ2) is 8.59. The van der Waals surface area contributed by atoms with Crippen LogP contribution in [-0.4, -0.2) is 24.6 Å². The number of ether oxygens (including phenoxy) is 2. The molecule has 0 saturated heterocycles. The van der Waals surface area contributed by atoms with Gasteiger partial charge in [0.25, 0.3) is 5.91 Å². The van der Waals surface area contributed by atoms with Crippen molar-refractivity contribution in [2.75, 3.05) is 12.4 Å². The van der Waals surface area contributed by atoms with Gasteiger partial charge in [-0.1, -0.05) is 47.4 Å². The molecule has 0 atom stereocenters. The standard InChI is InChI=1S/C22H21BrClNO4/c1-4-22(5-2,21(27)28-3)29-19-9-7-15(24)10-13(19)11-17-16-8-6-14(23)12-18(16)25-20(17)26/h6-12H,4-5H2,1-3H3,(H,25,26)/b17-11+. The van der Waals surface area contributed by atoms with Crippen molar-refractivity contribution in [3.8, 4) is 5.75 Å². The summed E-state index contributed by atoms with van der Waals surface area (Å²) >= 11 is 9.62. The zero-order chi connectivity index (χ0) is 21.2. The van der Waals surface area contributed by atoms with Crippen LogP contribution in [0.15, 0.2) is 40.9 Å². The monoisotopic (exact) mass is 477 g/mol. The van der Waals surface area contributed by atoms with Crippen molar-refractivity contribution < 1.29 is 19.1 Å². The van der Waals surface area contributed by atoms with E-state index in [-0.39, 0.29) is 5.91 Å². The summed E-state index contributed by atoms with van der Waals surface area (Å²) in [6.45, 7) is 3.74. The molecule has 5 nitrogen and oxygen atoms in total. The van der Waals surface area contributed by atoms with Gasteiger partial charge in [-0.2, -0.15) is 0 Å². The van der Waals surface area contributed by atoms with Gasteiger partial charge in [-0.15, -0.1) is 0 Å². The fourth-order valence-electron chi connectivity index (χ4n) is 3.31. The molecule has 3 rings (SSSR count). The van der Waals surface area contributed by atoms with Crippen LogP contribution in [0.25, 0.3) is 11.6 Å². The summed E-state index contributed by atoms with van der Waals surface area (Å²) in [5.74, 6) is -0.201. The number of carbonyl (C=O) groups excluding carboxylic acids is 2. The summed E-state index contributed by atoms with van der Waals surface area (Å²) in [7, 11) is 1.34. The summed E-state index contributed by atoms with van der Waals surface area (Å²) in [6.07, 6.45) is 2.60. The number of nitrogens with one attached hydrogen (secondary N) is 1. The third-order valence-electron chi connectivity index (χ3n) is 5.04. The van der Waals surface area contributed by atoms with E-state index in [0.29, 0.717) is 34.8 Å². The Bertz CT molecular complexity index is 998. The molecule has 1 aliphatic rings. The molecule has 0 aromatic heterocycles. The van der Waals surface area contributed by atoms with Gasteiger partial charge in [0.15, 0.2) is 0 Å². The molecule has 1 aliphatic heterocycles. The quantitative estimate of drug-likeness (QED) is 0.427. The molecule has 2 aromatic carbocycles. The number of fused-ring (bicyclic) bond motifs is 1. The first-order chi connectivity index (χ1) is 13.8. The van der Waals surface area contributed by atoms with Crippen molar-refractivity contribution >= 4 is 56.7 Å². The lowest BCUT2D eigenvalue weighted by Gasteiger charge is -2.30. The van der Waals surface area contributed by atoms with Gasteiger partial charge in [-0.05, 0) is 49.2 Å². The number of hydrogen-bond donors (Lipinski definition) is 1. The molecule has 29 heavy (non-hydrogen) atoms. The Labute approximate surface area is 183 Å². The van der Waals surface area contributed by atoms with Crippen LogP contribution in [0.5, 0.6) is 5.75 Å². The lowest BCUT2D eigenvalue weighted by molar-refractivity contribution is -0.159. The maximum atomic E-state index is 12.6. The Balaban J connectivity index is 2.08. The van der Waals surface area contributed by atoms with E-state index in [2.05, 4.69) is 21.2 Å². The first kappa shape index (κ1) is 21.4. The van der Waals surface area contributed by atoms with E-state index >= 15 is 0 Å². The average molecular weight is 479 g/mol. The number of esters is 1. The topological polar surface area (TPSA) is 64.6 Å². The molecule has 0 radical (unpaired) electrons. The van der Waals surface area contributed by atoms with Gasteiger partial charge in [-0.25, -0.2) is 4.79 Å². The summed E-state index contributed by atoms with van der Waals surface area (Å²) in [5.41, 5.74) is 1.50. The van der Waals surface area contributed by atoms with Gasteiger partial charge in [0.2, 0.25) is 5.60 Å². The highest BCUT2D eigenvalue weighted by atomic mass is 79.9. The summed E-state index contributed by atoms with van der Waals surface area (Å²) in [6, 6.07) is 10.7. The molecule has 0 unspecified atom stereocenters. The number of anilines is 1. The van der Waals surface area contributed by atoms with E-state index in [4.69, 9.17) is 21.1 Å².